The second kappa shape index (κ2) is 4.38. The van der Waals surface area contributed by atoms with Crippen molar-refractivity contribution in [1.29, 1.82) is 0 Å². The number of ketones is 2. The van der Waals surface area contributed by atoms with E-state index in [-0.39, 0.29) is 11.6 Å². The van der Waals surface area contributed by atoms with Gasteiger partial charge in [0.1, 0.15) is 0 Å². The summed E-state index contributed by atoms with van der Waals surface area (Å²) in [6.45, 7) is 3.71. The summed E-state index contributed by atoms with van der Waals surface area (Å²) in [5, 5.41) is 0. The number of allylic oxidation sites excluding steroid dienone is 4. The highest BCUT2D eigenvalue weighted by atomic mass is 16.1. The molecular formula is C20H14O2. The lowest BCUT2D eigenvalue weighted by atomic mass is 9.72. The van der Waals surface area contributed by atoms with E-state index in [0.29, 0.717) is 22.3 Å². The molecule has 0 saturated heterocycles. The van der Waals surface area contributed by atoms with Gasteiger partial charge >= 0.3 is 0 Å². The first-order valence-electron chi connectivity index (χ1n) is 7.31. The van der Waals surface area contributed by atoms with Crippen molar-refractivity contribution in [2.24, 2.45) is 0 Å². The maximum atomic E-state index is 12.7. The summed E-state index contributed by atoms with van der Waals surface area (Å²) >= 11 is 0. The van der Waals surface area contributed by atoms with Crippen molar-refractivity contribution in [2.75, 3.05) is 0 Å². The zero-order valence-electron chi connectivity index (χ0n) is 12.4. The van der Waals surface area contributed by atoms with Crippen LogP contribution in [0.5, 0.6) is 0 Å². The number of carbonyl (C=O) groups is 2. The van der Waals surface area contributed by atoms with Gasteiger partial charge in [-0.15, -0.1) is 0 Å². The standard InChI is InChI=1S/C20H14O2/c1-11-17-13-7-3-6-10-16(13)20(22)12(2)18(17)14-8-4-5-9-15(14)19(11)21/h3-10H,1-2H3. The number of Topliss-reactive ketones (excluding diaryl/α,β-unsaturated/α-hetero) is 2. The Balaban J connectivity index is 2.17. The Hall–Kier alpha value is -2.74. The third-order valence-electron chi connectivity index (χ3n) is 4.56. The van der Waals surface area contributed by atoms with Gasteiger partial charge in [0.15, 0.2) is 11.6 Å². The van der Waals surface area contributed by atoms with E-state index in [1.54, 1.807) is 0 Å². The minimum Gasteiger partial charge on any atom is -0.289 e. The van der Waals surface area contributed by atoms with Crippen LogP contribution in [0.2, 0.25) is 0 Å². The maximum Gasteiger partial charge on any atom is 0.189 e. The van der Waals surface area contributed by atoms with Crippen molar-refractivity contribution in [3.8, 4) is 0 Å². The second-order valence-electron chi connectivity index (χ2n) is 5.75. The average Bonchev–Trinajstić information content (AvgIpc) is 2.56. The highest BCUT2D eigenvalue weighted by molar-refractivity contribution is 6.34. The molecule has 0 atom stereocenters. The molecule has 0 heterocycles. The Morgan fingerprint density at radius 3 is 1.23 bits per heavy atom. The van der Waals surface area contributed by atoms with Crippen LogP contribution < -0.4 is 0 Å². The van der Waals surface area contributed by atoms with E-state index < -0.39 is 0 Å². The molecule has 2 aromatic carbocycles. The number of fused-ring (bicyclic) bond motifs is 5. The van der Waals surface area contributed by atoms with Gasteiger partial charge in [-0.3, -0.25) is 9.59 Å². The van der Waals surface area contributed by atoms with Crippen LogP contribution in [-0.2, 0) is 0 Å². The molecule has 0 fully saturated rings. The third-order valence-corrected chi connectivity index (χ3v) is 4.56. The molecule has 0 spiro atoms. The molecule has 2 aliphatic rings. The molecule has 2 aromatic rings. The minimum atomic E-state index is 0.0475. The summed E-state index contributed by atoms with van der Waals surface area (Å²) in [5.74, 6) is 0.0950. The fourth-order valence-electron chi connectivity index (χ4n) is 3.48. The van der Waals surface area contributed by atoms with E-state index in [1.807, 2.05) is 62.4 Å². The lowest BCUT2D eigenvalue weighted by Gasteiger charge is -2.29. The Morgan fingerprint density at radius 1 is 0.545 bits per heavy atom. The molecular weight excluding hydrogens is 272 g/mol. The summed E-state index contributed by atoms with van der Waals surface area (Å²) < 4.78 is 0. The molecule has 0 N–H and O–H groups in total. The third kappa shape index (κ3) is 1.49. The van der Waals surface area contributed by atoms with Crippen molar-refractivity contribution < 1.29 is 9.59 Å². The van der Waals surface area contributed by atoms with Crippen molar-refractivity contribution in [1.82, 2.24) is 0 Å². The monoisotopic (exact) mass is 286 g/mol. The fraction of sp³-hybridized carbons (Fsp3) is 0.100. The summed E-state index contributed by atoms with van der Waals surface area (Å²) in [7, 11) is 0. The molecule has 106 valence electrons. The topological polar surface area (TPSA) is 34.1 Å². The Kier molecular flexibility index (Phi) is 2.58. The van der Waals surface area contributed by atoms with E-state index >= 15 is 0 Å². The lowest BCUT2D eigenvalue weighted by molar-refractivity contribution is 0.102. The van der Waals surface area contributed by atoms with Crippen LogP contribution in [0.25, 0.3) is 11.1 Å². The zero-order chi connectivity index (χ0) is 15.4. The van der Waals surface area contributed by atoms with E-state index in [0.717, 1.165) is 22.3 Å². The Labute approximate surface area is 128 Å². The van der Waals surface area contributed by atoms with Gasteiger partial charge in [0.2, 0.25) is 0 Å². The molecule has 22 heavy (non-hydrogen) atoms. The van der Waals surface area contributed by atoms with Gasteiger partial charge < -0.3 is 0 Å². The van der Waals surface area contributed by atoms with Crippen LogP contribution in [0.1, 0.15) is 45.7 Å². The van der Waals surface area contributed by atoms with E-state index in [1.165, 1.54) is 0 Å². The van der Waals surface area contributed by atoms with Crippen molar-refractivity contribution in [3.63, 3.8) is 0 Å². The number of hydrogen-bond acceptors (Lipinski definition) is 2. The van der Waals surface area contributed by atoms with Crippen molar-refractivity contribution in [3.05, 3.63) is 81.9 Å². The van der Waals surface area contributed by atoms with Crippen molar-refractivity contribution >= 4 is 22.7 Å². The molecule has 2 nitrogen and oxygen atoms in total. The van der Waals surface area contributed by atoms with E-state index in [9.17, 15) is 9.59 Å². The van der Waals surface area contributed by atoms with Gasteiger partial charge in [0, 0.05) is 22.3 Å². The smallest absolute Gasteiger partial charge is 0.189 e. The largest absolute Gasteiger partial charge is 0.289 e. The van der Waals surface area contributed by atoms with Gasteiger partial charge in [0.25, 0.3) is 0 Å². The summed E-state index contributed by atoms with van der Waals surface area (Å²) in [5.41, 5.74) is 6.37. The van der Waals surface area contributed by atoms with Crippen LogP contribution in [0.15, 0.2) is 59.7 Å². The minimum absolute atomic E-state index is 0.0475. The first-order chi connectivity index (χ1) is 10.6. The molecule has 0 aliphatic heterocycles. The fourth-order valence-corrected chi connectivity index (χ4v) is 3.48. The van der Waals surface area contributed by atoms with Gasteiger partial charge in [-0.05, 0) is 36.1 Å². The Bertz CT molecular complexity index is 849. The molecule has 2 aliphatic carbocycles. The van der Waals surface area contributed by atoms with E-state index in [2.05, 4.69) is 0 Å². The SMILES string of the molecule is CC1=C2C(=C(C)C(=O)c3ccccc32)c2ccccc2C1=O. The quantitative estimate of drug-likeness (QED) is 0.722. The molecule has 2 heteroatoms. The molecule has 0 amide bonds. The van der Waals surface area contributed by atoms with Gasteiger partial charge in [0.05, 0.1) is 0 Å². The van der Waals surface area contributed by atoms with E-state index in [4.69, 9.17) is 0 Å². The van der Waals surface area contributed by atoms with Crippen LogP contribution in [0.3, 0.4) is 0 Å². The van der Waals surface area contributed by atoms with Gasteiger partial charge in [-0.25, -0.2) is 0 Å². The summed E-state index contributed by atoms with van der Waals surface area (Å²) in [6, 6.07) is 15.1. The summed E-state index contributed by atoms with van der Waals surface area (Å²) in [6.07, 6.45) is 0. The molecule has 4 rings (SSSR count). The van der Waals surface area contributed by atoms with Crippen LogP contribution >= 0.6 is 0 Å². The number of carbonyl (C=O) groups excluding carboxylic acids is 2. The van der Waals surface area contributed by atoms with Crippen LogP contribution in [0.4, 0.5) is 0 Å². The Morgan fingerprint density at radius 2 is 0.864 bits per heavy atom. The molecule has 0 bridgehead atoms. The first-order valence-corrected chi connectivity index (χ1v) is 7.31. The molecule has 0 radical (unpaired) electrons. The molecule has 0 unspecified atom stereocenters. The highest BCUT2D eigenvalue weighted by Gasteiger charge is 2.35. The van der Waals surface area contributed by atoms with Crippen LogP contribution in [-0.4, -0.2) is 11.6 Å². The molecule has 0 saturated carbocycles. The second-order valence-corrected chi connectivity index (χ2v) is 5.75. The lowest BCUT2D eigenvalue weighted by Crippen LogP contribution is -2.21. The number of hydrogen-bond donors (Lipinski definition) is 0. The molecule has 0 aromatic heterocycles. The predicted octanol–water partition coefficient (Wildman–Crippen LogP) is 4.33. The first kappa shape index (κ1) is 13.0. The highest BCUT2D eigenvalue weighted by Crippen LogP contribution is 2.46. The maximum absolute atomic E-state index is 12.7. The van der Waals surface area contributed by atoms with Gasteiger partial charge in [-0.1, -0.05) is 48.5 Å². The number of benzene rings is 2. The average molecular weight is 286 g/mol. The van der Waals surface area contributed by atoms with Gasteiger partial charge in [-0.2, -0.15) is 0 Å². The normalized spacial score (nSPS) is 16.5. The predicted molar refractivity (Wildman–Crippen MR) is 86.7 cm³/mol. The van der Waals surface area contributed by atoms with Crippen LogP contribution in [0, 0.1) is 0 Å². The summed E-state index contributed by atoms with van der Waals surface area (Å²) in [4.78, 5) is 25.4. The zero-order valence-corrected chi connectivity index (χ0v) is 12.4. The van der Waals surface area contributed by atoms with Crippen molar-refractivity contribution in [2.45, 2.75) is 13.8 Å². The number of rotatable bonds is 0.